The standard InChI is InChI=1S/C22H17F7N6O3/c1-9-12(6-30)4-11(17(23)24)5-14(9)38-15-16(21(25,26)22(27,28)29)32-8-35(20(15)36)7-13-18(31)33-10(2)34-19(13)37-3/h4-5,8,17H,7H2,1-3H3,(H2,31,33,34). The number of nitriles is 1. The number of hydrogen-bond acceptors (Lipinski definition) is 8. The Labute approximate surface area is 209 Å². The van der Waals surface area contributed by atoms with Crippen LogP contribution in [0.15, 0.2) is 23.3 Å². The van der Waals surface area contributed by atoms with Crippen molar-refractivity contribution in [3.05, 3.63) is 62.6 Å². The van der Waals surface area contributed by atoms with Crippen LogP contribution < -0.4 is 20.8 Å². The van der Waals surface area contributed by atoms with Gasteiger partial charge in [0.2, 0.25) is 11.6 Å². The molecule has 2 N–H and O–H groups in total. The molecule has 0 radical (unpaired) electrons. The molecule has 0 bridgehead atoms. The summed E-state index contributed by atoms with van der Waals surface area (Å²) in [5, 5.41) is 9.23. The average Bonchev–Trinajstić information content (AvgIpc) is 2.82. The van der Waals surface area contributed by atoms with Gasteiger partial charge in [-0.15, -0.1) is 0 Å². The second-order valence-corrected chi connectivity index (χ2v) is 7.78. The van der Waals surface area contributed by atoms with Crippen molar-refractivity contribution in [3.8, 4) is 23.4 Å². The zero-order valence-electron chi connectivity index (χ0n) is 19.7. The molecule has 0 fully saturated rings. The number of benzene rings is 1. The smallest absolute Gasteiger partial charge is 0.459 e. The van der Waals surface area contributed by atoms with Crippen LogP contribution >= 0.6 is 0 Å². The first-order chi connectivity index (χ1) is 17.6. The lowest BCUT2D eigenvalue weighted by Gasteiger charge is -2.22. The van der Waals surface area contributed by atoms with Crippen LogP contribution in [0, 0.1) is 25.2 Å². The lowest BCUT2D eigenvalue weighted by Crippen LogP contribution is -2.37. The Balaban J connectivity index is 2.28. The van der Waals surface area contributed by atoms with E-state index in [1.807, 2.05) is 0 Å². The maximum absolute atomic E-state index is 14.4. The third-order valence-electron chi connectivity index (χ3n) is 5.25. The molecule has 9 nitrogen and oxygen atoms in total. The Morgan fingerprint density at radius 1 is 1.16 bits per heavy atom. The summed E-state index contributed by atoms with van der Waals surface area (Å²) in [5.41, 5.74) is 0.740. The van der Waals surface area contributed by atoms with E-state index in [0.29, 0.717) is 17.0 Å². The second kappa shape index (κ2) is 10.1. The van der Waals surface area contributed by atoms with Gasteiger partial charge in [-0.1, -0.05) is 0 Å². The van der Waals surface area contributed by atoms with Crippen molar-refractivity contribution in [1.29, 1.82) is 5.26 Å². The Hall–Kier alpha value is -4.42. The van der Waals surface area contributed by atoms with Crippen LogP contribution in [0.25, 0.3) is 0 Å². The van der Waals surface area contributed by atoms with Gasteiger partial charge in [0.25, 0.3) is 12.0 Å². The maximum Gasteiger partial charge on any atom is 0.459 e. The van der Waals surface area contributed by atoms with E-state index < -0.39 is 53.4 Å². The molecular formula is C22H17F7N6O3. The first kappa shape index (κ1) is 28.2. The van der Waals surface area contributed by atoms with E-state index >= 15 is 0 Å². The second-order valence-electron chi connectivity index (χ2n) is 7.78. The van der Waals surface area contributed by atoms with E-state index in [0.717, 1.165) is 13.0 Å². The summed E-state index contributed by atoms with van der Waals surface area (Å²) >= 11 is 0. The molecule has 16 heteroatoms. The zero-order valence-corrected chi connectivity index (χ0v) is 19.7. The minimum Gasteiger partial charge on any atom is -0.481 e. The van der Waals surface area contributed by atoms with E-state index in [4.69, 9.17) is 15.2 Å². The number of methoxy groups -OCH3 is 1. The van der Waals surface area contributed by atoms with Gasteiger partial charge in [-0.05, 0) is 26.0 Å². The molecular weight excluding hydrogens is 529 g/mol. The number of ether oxygens (including phenoxy) is 2. The molecule has 2 heterocycles. The molecule has 0 saturated carbocycles. The molecule has 0 aliphatic heterocycles. The van der Waals surface area contributed by atoms with Crippen molar-refractivity contribution in [2.45, 2.75) is 38.9 Å². The van der Waals surface area contributed by atoms with E-state index in [1.54, 1.807) is 6.07 Å². The van der Waals surface area contributed by atoms with Gasteiger partial charge in [-0.3, -0.25) is 9.36 Å². The van der Waals surface area contributed by atoms with Crippen LogP contribution in [-0.4, -0.2) is 32.8 Å². The van der Waals surface area contributed by atoms with Gasteiger partial charge in [-0.2, -0.15) is 32.2 Å². The number of nitrogen functional groups attached to an aromatic ring is 1. The normalized spacial score (nSPS) is 11.9. The number of rotatable bonds is 7. The molecule has 3 rings (SSSR count). The maximum atomic E-state index is 14.4. The van der Waals surface area contributed by atoms with Crippen molar-refractivity contribution < 1.29 is 40.2 Å². The lowest BCUT2D eigenvalue weighted by molar-refractivity contribution is -0.291. The van der Waals surface area contributed by atoms with Gasteiger partial charge in [0.1, 0.15) is 17.4 Å². The lowest BCUT2D eigenvalue weighted by atomic mass is 10.0. The summed E-state index contributed by atoms with van der Waals surface area (Å²) in [6.45, 7) is 2.03. The van der Waals surface area contributed by atoms with Crippen molar-refractivity contribution in [3.63, 3.8) is 0 Å². The van der Waals surface area contributed by atoms with Crippen LogP contribution in [0.5, 0.6) is 17.4 Å². The number of aromatic nitrogens is 4. The van der Waals surface area contributed by atoms with E-state index in [1.165, 1.54) is 14.0 Å². The molecule has 0 aliphatic carbocycles. The number of nitrogens with two attached hydrogens (primary N) is 1. The first-order valence-corrected chi connectivity index (χ1v) is 10.3. The van der Waals surface area contributed by atoms with Crippen molar-refractivity contribution in [1.82, 2.24) is 19.5 Å². The zero-order chi connectivity index (χ0) is 28.6. The molecule has 3 aromatic rings. The summed E-state index contributed by atoms with van der Waals surface area (Å²) in [6.07, 6.45) is -8.97. The highest BCUT2D eigenvalue weighted by atomic mass is 19.4. The predicted molar refractivity (Wildman–Crippen MR) is 116 cm³/mol. The summed E-state index contributed by atoms with van der Waals surface area (Å²) in [6, 6.07) is 2.98. The topological polar surface area (TPSA) is 129 Å². The minimum atomic E-state index is -6.20. The largest absolute Gasteiger partial charge is 0.481 e. The minimum absolute atomic E-state index is 0.0362. The molecule has 0 atom stereocenters. The number of halogens is 7. The molecule has 38 heavy (non-hydrogen) atoms. The number of anilines is 1. The summed E-state index contributed by atoms with van der Waals surface area (Å²) < 4.78 is 106. The quantitative estimate of drug-likeness (QED) is 0.428. The van der Waals surface area contributed by atoms with Crippen LogP contribution in [0.4, 0.5) is 36.6 Å². The van der Waals surface area contributed by atoms with Crippen LogP contribution in [0.1, 0.15) is 40.2 Å². The molecule has 1 aromatic carbocycles. The monoisotopic (exact) mass is 546 g/mol. The third kappa shape index (κ3) is 5.17. The van der Waals surface area contributed by atoms with Crippen molar-refractivity contribution in [2.75, 3.05) is 12.8 Å². The van der Waals surface area contributed by atoms with Crippen LogP contribution in [-0.2, 0) is 12.5 Å². The Kier molecular flexibility index (Phi) is 7.52. The number of nitrogens with zero attached hydrogens (tertiary/aromatic N) is 5. The van der Waals surface area contributed by atoms with Gasteiger partial charge in [0, 0.05) is 11.1 Å². The van der Waals surface area contributed by atoms with Crippen LogP contribution in [0.3, 0.4) is 0 Å². The Morgan fingerprint density at radius 2 is 1.82 bits per heavy atom. The van der Waals surface area contributed by atoms with Gasteiger partial charge in [0.05, 0.1) is 37.2 Å². The summed E-state index contributed by atoms with van der Waals surface area (Å²) in [7, 11) is 1.21. The summed E-state index contributed by atoms with van der Waals surface area (Å²) in [4.78, 5) is 24.2. The number of aryl methyl sites for hydroxylation is 1. The highest BCUT2D eigenvalue weighted by Crippen LogP contribution is 2.46. The van der Waals surface area contributed by atoms with E-state index in [-0.39, 0.29) is 34.2 Å². The van der Waals surface area contributed by atoms with Gasteiger partial charge < -0.3 is 15.2 Å². The fourth-order valence-corrected chi connectivity index (χ4v) is 3.28. The Bertz CT molecular complexity index is 1480. The fourth-order valence-electron chi connectivity index (χ4n) is 3.28. The molecule has 0 aliphatic rings. The molecule has 2 aromatic heterocycles. The Morgan fingerprint density at radius 3 is 2.37 bits per heavy atom. The highest BCUT2D eigenvalue weighted by Gasteiger charge is 2.62. The van der Waals surface area contributed by atoms with Gasteiger partial charge >= 0.3 is 12.1 Å². The predicted octanol–water partition coefficient (Wildman–Crippen LogP) is 4.54. The molecule has 0 unspecified atom stereocenters. The third-order valence-corrected chi connectivity index (χ3v) is 5.25. The molecule has 202 valence electrons. The van der Waals surface area contributed by atoms with Crippen LogP contribution in [0.2, 0.25) is 0 Å². The average molecular weight is 546 g/mol. The number of alkyl halides is 7. The van der Waals surface area contributed by atoms with E-state index in [2.05, 4.69) is 15.0 Å². The highest BCUT2D eigenvalue weighted by molar-refractivity contribution is 5.51. The first-order valence-electron chi connectivity index (χ1n) is 10.3. The van der Waals surface area contributed by atoms with Crippen molar-refractivity contribution in [2.24, 2.45) is 0 Å². The van der Waals surface area contributed by atoms with Gasteiger partial charge in [-0.25, -0.2) is 18.7 Å². The molecule has 0 amide bonds. The number of hydrogen-bond donors (Lipinski definition) is 1. The van der Waals surface area contributed by atoms with Gasteiger partial charge in [0.15, 0.2) is 5.69 Å². The molecule has 0 spiro atoms. The van der Waals surface area contributed by atoms with Crippen molar-refractivity contribution >= 4 is 5.82 Å². The summed E-state index contributed by atoms with van der Waals surface area (Å²) in [5.74, 6) is -8.15. The fraction of sp³-hybridized carbons (Fsp3) is 0.318. The SMILES string of the molecule is COc1nc(C)nc(N)c1Cn1cnc(C(F)(F)C(F)(F)F)c(Oc2cc(C(F)F)cc(C#N)c2C)c1=O. The molecule has 0 saturated heterocycles. The van der Waals surface area contributed by atoms with E-state index in [9.17, 15) is 40.8 Å².